The van der Waals surface area contributed by atoms with Gasteiger partial charge in [-0.2, -0.15) is 0 Å². The summed E-state index contributed by atoms with van der Waals surface area (Å²) in [5.41, 5.74) is 4.76. The van der Waals surface area contributed by atoms with E-state index < -0.39 is 5.54 Å². The highest BCUT2D eigenvalue weighted by Crippen LogP contribution is 2.14. The van der Waals surface area contributed by atoms with Gasteiger partial charge in [0, 0.05) is 13.2 Å². The van der Waals surface area contributed by atoms with Crippen LogP contribution in [-0.2, 0) is 9.53 Å². The Bertz CT molecular complexity index is 246. The molecule has 0 saturated carbocycles. The minimum Gasteiger partial charge on any atom is -0.381 e. The van der Waals surface area contributed by atoms with Crippen molar-refractivity contribution in [3.05, 3.63) is 0 Å². The first-order valence-corrected chi connectivity index (χ1v) is 7.56. The van der Waals surface area contributed by atoms with Crippen LogP contribution in [0.4, 0.5) is 0 Å². The van der Waals surface area contributed by atoms with E-state index in [1.165, 1.54) is 25.7 Å². The van der Waals surface area contributed by atoms with Crippen LogP contribution >= 0.6 is 0 Å². The zero-order valence-corrected chi connectivity index (χ0v) is 13.1. The van der Waals surface area contributed by atoms with Gasteiger partial charge in [0.25, 0.3) is 0 Å². The third kappa shape index (κ3) is 7.53. The number of unbranched alkanes of at least 4 members (excludes halogenated alkanes) is 1. The second kappa shape index (κ2) is 10.2. The Morgan fingerprint density at radius 3 is 2.53 bits per heavy atom. The molecular formula is C15H32N2O2. The van der Waals surface area contributed by atoms with Gasteiger partial charge in [0.15, 0.2) is 0 Å². The Morgan fingerprint density at radius 1 is 1.37 bits per heavy atom. The molecule has 4 heteroatoms. The first-order chi connectivity index (χ1) is 9.00. The standard InChI is InChI=1S/C15H32N2O2/c1-5-7-9-13(6-2)12-19-11-8-10-15(3,17-4)14(16)18/h13,17H,5-12H2,1-4H3,(H2,16,18). The summed E-state index contributed by atoms with van der Waals surface area (Å²) in [4.78, 5) is 11.3. The van der Waals surface area contributed by atoms with E-state index in [4.69, 9.17) is 10.5 Å². The normalized spacial score (nSPS) is 16.0. The van der Waals surface area contributed by atoms with Gasteiger partial charge < -0.3 is 15.8 Å². The third-order valence-electron chi connectivity index (χ3n) is 3.96. The van der Waals surface area contributed by atoms with Gasteiger partial charge in [0.05, 0.1) is 5.54 Å². The minimum atomic E-state index is -0.615. The molecule has 0 aliphatic heterocycles. The number of nitrogens with two attached hydrogens (primary N) is 1. The average Bonchev–Trinajstić information content (AvgIpc) is 2.41. The highest BCUT2D eigenvalue weighted by molar-refractivity contribution is 5.84. The summed E-state index contributed by atoms with van der Waals surface area (Å²) < 4.78 is 5.72. The van der Waals surface area contributed by atoms with Gasteiger partial charge in [-0.15, -0.1) is 0 Å². The Balaban J connectivity index is 3.76. The first-order valence-electron chi connectivity index (χ1n) is 7.56. The van der Waals surface area contributed by atoms with Crippen molar-refractivity contribution in [3.8, 4) is 0 Å². The molecule has 1 amide bonds. The molecule has 0 aromatic carbocycles. The van der Waals surface area contributed by atoms with Crippen molar-refractivity contribution in [2.24, 2.45) is 11.7 Å². The Hall–Kier alpha value is -0.610. The van der Waals surface area contributed by atoms with Crippen molar-refractivity contribution < 1.29 is 9.53 Å². The number of nitrogens with one attached hydrogen (secondary N) is 1. The van der Waals surface area contributed by atoms with E-state index in [0.717, 1.165) is 13.0 Å². The summed E-state index contributed by atoms with van der Waals surface area (Å²) in [7, 11) is 1.77. The largest absolute Gasteiger partial charge is 0.381 e. The second-order valence-corrected chi connectivity index (χ2v) is 5.54. The van der Waals surface area contributed by atoms with E-state index >= 15 is 0 Å². The van der Waals surface area contributed by atoms with E-state index in [-0.39, 0.29) is 5.91 Å². The Kier molecular flexibility index (Phi) is 9.88. The highest BCUT2D eigenvalue weighted by Gasteiger charge is 2.27. The summed E-state index contributed by atoms with van der Waals surface area (Å²) in [6.45, 7) is 7.81. The number of carbonyl (C=O) groups is 1. The van der Waals surface area contributed by atoms with Crippen LogP contribution in [0.15, 0.2) is 0 Å². The molecule has 2 unspecified atom stereocenters. The van der Waals surface area contributed by atoms with Crippen LogP contribution in [0.3, 0.4) is 0 Å². The van der Waals surface area contributed by atoms with Gasteiger partial charge in [0.2, 0.25) is 5.91 Å². The Morgan fingerprint density at radius 2 is 2.05 bits per heavy atom. The lowest BCUT2D eigenvalue weighted by Gasteiger charge is -2.25. The maximum Gasteiger partial charge on any atom is 0.237 e. The molecule has 0 saturated heterocycles. The van der Waals surface area contributed by atoms with E-state index in [9.17, 15) is 4.79 Å². The molecule has 19 heavy (non-hydrogen) atoms. The number of hydrogen-bond acceptors (Lipinski definition) is 3. The van der Waals surface area contributed by atoms with E-state index in [0.29, 0.717) is 18.9 Å². The van der Waals surface area contributed by atoms with Gasteiger partial charge >= 0.3 is 0 Å². The molecule has 0 bridgehead atoms. The molecular weight excluding hydrogens is 240 g/mol. The predicted molar refractivity (Wildman–Crippen MR) is 80.0 cm³/mol. The number of likely N-dealkylation sites (N-methyl/N-ethyl adjacent to an activating group) is 1. The molecule has 4 nitrogen and oxygen atoms in total. The van der Waals surface area contributed by atoms with Crippen molar-refractivity contribution in [1.29, 1.82) is 0 Å². The number of ether oxygens (including phenoxy) is 1. The summed E-state index contributed by atoms with van der Waals surface area (Å²) in [6.07, 6.45) is 6.52. The van der Waals surface area contributed by atoms with Gasteiger partial charge in [-0.25, -0.2) is 0 Å². The lowest BCUT2D eigenvalue weighted by atomic mass is 9.95. The molecule has 114 valence electrons. The maximum absolute atomic E-state index is 11.3. The van der Waals surface area contributed by atoms with Crippen molar-refractivity contribution in [2.45, 2.75) is 64.8 Å². The fraction of sp³-hybridized carbons (Fsp3) is 0.933. The number of hydrogen-bond donors (Lipinski definition) is 2. The molecule has 0 aromatic rings. The smallest absolute Gasteiger partial charge is 0.237 e. The van der Waals surface area contributed by atoms with Crippen LogP contribution in [0.5, 0.6) is 0 Å². The summed E-state index contributed by atoms with van der Waals surface area (Å²) >= 11 is 0. The lowest BCUT2D eigenvalue weighted by Crippen LogP contribution is -2.51. The quantitative estimate of drug-likeness (QED) is 0.536. The van der Waals surface area contributed by atoms with E-state index in [1.807, 2.05) is 6.92 Å². The number of primary amides is 1. The number of amides is 1. The second-order valence-electron chi connectivity index (χ2n) is 5.54. The van der Waals surface area contributed by atoms with Crippen LogP contribution in [-0.4, -0.2) is 31.7 Å². The first kappa shape index (κ1) is 18.4. The fourth-order valence-corrected chi connectivity index (χ4v) is 2.05. The van der Waals surface area contributed by atoms with Crippen molar-refractivity contribution >= 4 is 5.91 Å². The maximum atomic E-state index is 11.3. The van der Waals surface area contributed by atoms with Crippen LogP contribution in [0.1, 0.15) is 59.3 Å². The molecule has 0 aliphatic rings. The fourth-order valence-electron chi connectivity index (χ4n) is 2.05. The highest BCUT2D eigenvalue weighted by atomic mass is 16.5. The van der Waals surface area contributed by atoms with Gasteiger partial charge in [-0.3, -0.25) is 4.79 Å². The predicted octanol–water partition coefficient (Wildman–Crippen LogP) is 2.46. The summed E-state index contributed by atoms with van der Waals surface area (Å²) in [5.74, 6) is 0.371. The molecule has 0 aromatic heterocycles. The van der Waals surface area contributed by atoms with E-state index in [2.05, 4.69) is 19.2 Å². The average molecular weight is 272 g/mol. The van der Waals surface area contributed by atoms with Gasteiger partial charge in [-0.1, -0.05) is 33.1 Å². The topological polar surface area (TPSA) is 64.3 Å². The van der Waals surface area contributed by atoms with Crippen LogP contribution < -0.4 is 11.1 Å². The van der Waals surface area contributed by atoms with E-state index in [1.54, 1.807) is 7.05 Å². The molecule has 0 rings (SSSR count). The molecule has 0 spiro atoms. The van der Waals surface area contributed by atoms with Gasteiger partial charge in [0.1, 0.15) is 0 Å². The van der Waals surface area contributed by atoms with Crippen LogP contribution in [0, 0.1) is 5.92 Å². The van der Waals surface area contributed by atoms with Crippen molar-refractivity contribution in [3.63, 3.8) is 0 Å². The van der Waals surface area contributed by atoms with Gasteiger partial charge in [-0.05, 0) is 39.2 Å². The summed E-state index contributed by atoms with van der Waals surface area (Å²) in [5, 5.41) is 2.99. The van der Waals surface area contributed by atoms with Crippen molar-refractivity contribution in [2.75, 3.05) is 20.3 Å². The number of rotatable bonds is 12. The summed E-state index contributed by atoms with van der Waals surface area (Å²) in [6, 6.07) is 0. The molecule has 0 fully saturated rings. The monoisotopic (exact) mass is 272 g/mol. The van der Waals surface area contributed by atoms with Crippen molar-refractivity contribution in [1.82, 2.24) is 5.32 Å². The third-order valence-corrected chi connectivity index (χ3v) is 3.96. The Labute approximate surface area is 118 Å². The minimum absolute atomic E-state index is 0.301. The number of carbonyl (C=O) groups excluding carboxylic acids is 1. The molecule has 0 heterocycles. The lowest BCUT2D eigenvalue weighted by molar-refractivity contribution is -0.124. The molecule has 0 radical (unpaired) electrons. The van der Waals surface area contributed by atoms with Crippen LogP contribution in [0.2, 0.25) is 0 Å². The molecule has 0 aliphatic carbocycles. The zero-order valence-electron chi connectivity index (χ0n) is 13.1. The zero-order chi connectivity index (χ0) is 14.7. The van der Waals surface area contributed by atoms with Crippen LogP contribution in [0.25, 0.3) is 0 Å². The molecule has 3 N–H and O–H groups in total. The molecule has 2 atom stereocenters. The SMILES string of the molecule is CCCCC(CC)COCCCC(C)(NC)C(N)=O.